The van der Waals surface area contributed by atoms with Gasteiger partial charge in [0, 0.05) is 11.1 Å². The van der Waals surface area contributed by atoms with Crippen molar-refractivity contribution in [3.63, 3.8) is 0 Å². The van der Waals surface area contributed by atoms with Crippen LogP contribution in [0.25, 0.3) is 11.1 Å². The number of hydrogen-bond donors (Lipinski definition) is 2. The van der Waals surface area contributed by atoms with Crippen LogP contribution in [-0.4, -0.2) is 22.8 Å². The second-order valence-electron chi connectivity index (χ2n) is 3.91. The van der Waals surface area contributed by atoms with Crippen molar-refractivity contribution < 1.29 is 28.5 Å². The Balaban J connectivity index is 2.57. The van der Waals surface area contributed by atoms with Gasteiger partial charge in [-0.05, 0) is 24.3 Å². The van der Waals surface area contributed by atoms with Gasteiger partial charge in [-0.25, -0.2) is 4.79 Å². The lowest BCUT2D eigenvalue weighted by molar-refractivity contribution is -0.0495. The normalized spacial score (nSPS) is 10.6. The fourth-order valence-electron chi connectivity index (χ4n) is 1.77. The molecule has 2 aromatic rings. The summed E-state index contributed by atoms with van der Waals surface area (Å²) < 4.78 is 29.2. The monoisotopic (exact) mass is 280 g/mol. The molecule has 20 heavy (non-hydrogen) atoms. The topological polar surface area (TPSA) is 66.8 Å². The molecule has 0 saturated heterocycles. The number of para-hydroxylation sites is 1. The smallest absolute Gasteiger partial charge is 0.387 e. The summed E-state index contributed by atoms with van der Waals surface area (Å²) in [6.07, 6.45) is 0. The van der Waals surface area contributed by atoms with Gasteiger partial charge in [0.05, 0.1) is 5.56 Å². The van der Waals surface area contributed by atoms with Gasteiger partial charge in [0.15, 0.2) is 0 Å². The van der Waals surface area contributed by atoms with E-state index in [9.17, 15) is 18.7 Å². The van der Waals surface area contributed by atoms with E-state index in [4.69, 9.17) is 5.11 Å². The van der Waals surface area contributed by atoms with Gasteiger partial charge in [-0.3, -0.25) is 0 Å². The van der Waals surface area contributed by atoms with E-state index in [1.165, 1.54) is 24.3 Å². The molecule has 0 bridgehead atoms. The number of ether oxygens (including phenoxy) is 1. The number of rotatable bonds is 4. The minimum absolute atomic E-state index is 0.116. The Bertz CT molecular complexity index is 641. The molecule has 0 aliphatic heterocycles. The Morgan fingerprint density at radius 2 is 1.80 bits per heavy atom. The fourth-order valence-corrected chi connectivity index (χ4v) is 1.77. The lowest BCUT2D eigenvalue weighted by Crippen LogP contribution is -2.05. The molecule has 0 spiro atoms. The number of phenolic OH excluding ortho intramolecular Hbond substituents is 1. The number of carboxylic acids is 1. The van der Waals surface area contributed by atoms with Gasteiger partial charge in [0.2, 0.25) is 0 Å². The van der Waals surface area contributed by atoms with Gasteiger partial charge in [-0.1, -0.05) is 18.2 Å². The highest BCUT2D eigenvalue weighted by atomic mass is 19.3. The van der Waals surface area contributed by atoms with E-state index in [0.29, 0.717) is 0 Å². The van der Waals surface area contributed by atoms with Crippen LogP contribution in [0, 0.1) is 0 Å². The summed E-state index contributed by atoms with van der Waals surface area (Å²) in [5.74, 6) is -1.68. The van der Waals surface area contributed by atoms with Crippen molar-refractivity contribution in [2.24, 2.45) is 0 Å². The number of benzene rings is 2. The van der Waals surface area contributed by atoms with Crippen molar-refractivity contribution in [1.29, 1.82) is 0 Å². The summed E-state index contributed by atoms with van der Waals surface area (Å²) in [6.45, 7) is -3.09. The second-order valence-corrected chi connectivity index (χ2v) is 3.91. The first-order chi connectivity index (χ1) is 9.49. The molecule has 6 heteroatoms. The van der Waals surface area contributed by atoms with Crippen LogP contribution in [0.3, 0.4) is 0 Å². The lowest BCUT2D eigenvalue weighted by Gasteiger charge is -2.12. The van der Waals surface area contributed by atoms with Gasteiger partial charge in [-0.15, -0.1) is 0 Å². The van der Waals surface area contributed by atoms with Crippen molar-refractivity contribution >= 4 is 5.97 Å². The standard InChI is InChI=1S/C14H10F2O4/c15-14(16)20-12-7-8(13(18)19)5-6-10(12)9-3-1-2-4-11(9)17/h1-7,14,17H,(H,18,19). The highest BCUT2D eigenvalue weighted by molar-refractivity contribution is 5.90. The minimum atomic E-state index is -3.09. The van der Waals surface area contributed by atoms with E-state index in [1.54, 1.807) is 12.1 Å². The first-order valence-corrected chi connectivity index (χ1v) is 5.59. The van der Waals surface area contributed by atoms with Crippen LogP contribution >= 0.6 is 0 Å². The molecular formula is C14H10F2O4. The van der Waals surface area contributed by atoms with Crippen LogP contribution in [0.15, 0.2) is 42.5 Å². The number of carbonyl (C=O) groups is 1. The van der Waals surface area contributed by atoms with Crippen molar-refractivity contribution in [2.45, 2.75) is 6.61 Å². The van der Waals surface area contributed by atoms with Gasteiger partial charge in [-0.2, -0.15) is 8.78 Å². The summed E-state index contributed by atoms with van der Waals surface area (Å²) in [5.41, 5.74) is 0.285. The van der Waals surface area contributed by atoms with Crippen molar-refractivity contribution in [2.75, 3.05) is 0 Å². The molecule has 0 aromatic heterocycles. The largest absolute Gasteiger partial charge is 0.507 e. The molecule has 2 N–H and O–H groups in total. The predicted molar refractivity (Wildman–Crippen MR) is 67.1 cm³/mol. The average Bonchev–Trinajstić information content (AvgIpc) is 2.39. The summed E-state index contributed by atoms with van der Waals surface area (Å²) in [7, 11) is 0. The molecule has 4 nitrogen and oxygen atoms in total. The van der Waals surface area contributed by atoms with E-state index in [2.05, 4.69) is 4.74 Å². The number of alkyl halides is 2. The Labute approximate surface area is 112 Å². The second kappa shape index (κ2) is 5.56. The SMILES string of the molecule is O=C(O)c1ccc(-c2ccccc2O)c(OC(F)F)c1. The number of phenols is 1. The van der Waals surface area contributed by atoms with Crippen LogP contribution in [0.5, 0.6) is 11.5 Å². The zero-order valence-corrected chi connectivity index (χ0v) is 10.1. The molecule has 0 heterocycles. The molecule has 2 aromatic carbocycles. The molecule has 0 amide bonds. The van der Waals surface area contributed by atoms with Crippen LogP contribution < -0.4 is 4.74 Å². The zero-order chi connectivity index (χ0) is 14.7. The molecular weight excluding hydrogens is 270 g/mol. The highest BCUT2D eigenvalue weighted by Gasteiger charge is 2.16. The number of hydrogen-bond acceptors (Lipinski definition) is 3. The molecule has 0 unspecified atom stereocenters. The third-order valence-corrected chi connectivity index (χ3v) is 2.64. The first kappa shape index (κ1) is 13.8. The quantitative estimate of drug-likeness (QED) is 0.901. The molecule has 0 saturated carbocycles. The molecule has 0 radical (unpaired) electrons. The van der Waals surface area contributed by atoms with Gasteiger partial charge < -0.3 is 14.9 Å². The summed E-state index contributed by atoms with van der Waals surface area (Å²) >= 11 is 0. The van der Waals surface area contributed by atoms with Gasteiger partial charge in [0.25, 0.3) is 0 Å². The fraction of sp³-hybridized carbons (Fsp3) is 0.0714. The van der Waals surface area contributed by atoms with E-state index < -0.39 is 12.6 Å². The predicted octanol–water partition coefficient (Wildman–Crippen LogP) is 3.36. The molecule has 0 fully saturated rings. The number of halogens is 2. The van der Waals surface area contributed by atoms with Crippen LogP contribution in [0.4, 0.5) is 8.78 Å². The van der Waals surface area contributed by atoms with E-state index in [1.807, 2.05) is 0 Å². The van der Waals surface area contributed by atoms with E-state index in [-0.39, 0.29) is 28.2 Å². The molecule has 104 valence electrons. The number of carboxylic acid groups (broad SMARTS) is 1. The molecule has 0 atom stereocenters. The minimum Gasteiger partial charge on any atom is -0.507 e. The van der Waals surface area contributed by atoms with Gasteiger partial charge in [0.1, 0.15) is 11.5 Å². The molecule has 0 aliphatic carbocycles. The maximum absolute atomic E-state index is 12.4. The summed E-state index contributed by atoms with van der Waals surface area (Å²) in [6, 6.07) is 9.68. The first-order valence-electron chi connectivity index (χ1n) is 5.59. The number of aromatic hydroxyl groups is 1. The highest BCUT2D eigenvalue weighted by Crippen LogP contribution is 2.36. The third-order valence-electron chi connectivity index (χ3n) is 2.64. The average molecular weight is 280 g/mol. The van der Waals surface area contributed by atoms with E-state index >= 15 is 0 Å². The Morgan fingerprint density at radius 1 is 1.10 bits per heavy atom. The summed E-state index contributed by atoms with van der Waals surface area (Å²) in [4.78, 5) is 10.9. The summed E-state index contributed by atoms with van der Waals surface area (Å²) in [5, 5.41) is 18.6. The maximum Gasteiger partial charge on any atom is 0.387 e. The Morgan fingerprint density at radius 3 is 2.40 bits per heavy atom. The third kappa shape index (κ3) is 2.85. The van der Waals surface area contributed by atoms with Crippen molar-refractivity contribution in [3.05, 3.63) is 48.0 Å². The van der Waals surface area contributed by atoms with Crippen LogP contribution in [-0.2, 0) is 0 Å². The number of aromatic carboxylic acids is 1. The van der Waals surface area contributed by atoms with E-state index in [0.717, 1.165) is 6.07 Å². The Hall–Kier alpha value is -2.63. The molecule has 2 rings (SSSR count). The molecule has 0 aliphatic rings. The van der Waals surface area contributed by atoms with Crippen molar-refractivity contribution in [1.82, 2.24) is 0 Å². The lowest BCUT2D eigenvalue weighted by atomic mass is 10.0. The maximum atomic E-state index is 12.4. The van der Waals surface area contributed by atoms with Gasteiger partial charge >= 0.3 is 12.6 Å². The van der Waals surface area contributed by atoms with Crippen LogP contribution in [0.2, 0.25) is 0 Å². The van der Waals surface area contributed by atoms with Crippen LogP contribution in [0.1, 0.15) is 10.4 Å². The Kier molecular flexibility index (Phi) is 3.84. The van der Waals surface area contributed by atoms with Crippen molar-refractivity contribution in [3.8, 4) is 22.6 Å². The zero-order valence-electron chi connectivity index (χ0n) is 10.1.